The largest absolute Gasteiger partial charge is 0.494 e. The van der Waals surface area contributed by atoms with Crippen LogP contribution in [0.4, 0.5) is 11.4 Å². The second-order valence-electron chi connectivity index (χ2n) is 6.12. The first-order chi connectivity index (χ1) is 10.5. The number of carbonyl (C=O) groups excluding carboxylic acids is 1. The first-order valence-electron chi connectivity index (χ1n) is 8.03. The molecular formula is C17H27N3O2. The Morgan fingerprint density at radius 3 is 2.95 bits per heavy atom. The standard InChI is InChI=1S/C17H27N3O2/c1-4-15(20-9-5-6-12(2)11-20)17(21)19-14-8-7-13(18)10-16(14)22-3/h7-8,10,12,15H,4-6,9,11,18H2,1-3H3,(H,19,21). The van der Waals surface area contributed by atoms with E-state index in [2.05, 4.69) is 24.1 Å². The maximum Gasteiger partial charge on any atom is 0.241 e. The summed E-state index contributed by atoms with van der Waals surface area (Å²) in [5.74, 6) is 1.27. The quantitative estimate of drug-likeness (QED) is 0.821. The Bertz CT molecular complexity index is 519. The summed E-state index contributed by atoms with van der Waals surface area (Å²) >= 11 is 0. The Balaban J connectivity index is 2.09. The van der Waals surface area contributed by atoms with Crippen LogP contribution in [0.25, 0.3) is 0 Å². The number of benzene rings is 1. The molecule has 1 fully saturated rings. The van der Waals surface area contributed by atoms with Crippen molar-refractivity contribution in [3.8, 4) is 5.75 Å². The number of piperidine rings is 1. The maximum atomic E-state index is 12.7. The molecule has 1 heterocycles. The van der Waals surface area contributed by atoms with Crippen molar-refractivity contribution in [2.24, 2.45) is 5.92 Å². The highest BCUT2D eigenvalue weighted by Gasteiger charge is 2.28. The van der Waals surface area contributed by atoms with Gasteiger partial charge in [-0.1, -0.05) is 13.8 Å². The topological polar surface area (TPSA) is 67.6 Å². The molecule has 0 saturated carbocycles. The number of methoxy groups -OCH3 is 1. The molecule has 22 heavy (non-hydrogen) atoms. The van der Waals surface area contributed by atoms with Crippen LogP contribution >= 0.6 is 0 Å². The Morgan fingerprint density at radius 1 is 1.55 bits per heavy atom. The highest BCUT2D eigenvalue weighted by molar-refractivity contribution is 5.96. The van der Waals surface area contributed by atoms with E-state index in [1.54, 1.807) is 25.3 Å². The molecule has 122 valence electrons. The monoisotopic (exact) mass is 305 g/mol. The molecular weight excluding hydrogens is 278 g/mol. The van der Waals surface area contributed by atoms with Gasteiger partial charge in [0.2, 0.25) is 5.91 Å². The van der Waals surface area contributed by atoms with Gasteiger partial charge in [0.15, 0.2) is 0 Å². The Morgan fingerprint density at radius 2 is 2.32 bits per heavy atom. The van der Waals surface area contributed by atoms with Crippen molar-refractivity contribution in [2.75, 3.05) is 31.2 Å². The number of nitrogens with one attached hydrogen (secondary N) is 1. The molecule has 3 N–H and O–H groups in total. The summed E-state index contributed by atoms with van der Waals surface area (Å²) in [5, 5.41) is 2.99. The molecule has 5 nitrogen and oxygen atoms in total. The van der Waals surface area contributed by atoms with Gasteiger partial charge in [-0.05, 0) is 43.9 Å². The van der Waals surface area contributed by atoms with E-state index in [0.717, 1.165) is 25.9 Å². The number of rotatable bonds is 5. The molecule has 2 rings (SSSR count). The first-order valence-corrected chi connectivity index (χ1v) is 8.03. The lowest BCUT2D eigenvalue weighted by Crippen LogP contribution is -2.48. The smallest absolute Gasteiger partial charge is 0.241 e. The molecule has 2 unspecified atom stereocenters. The number of nitrogens with two attached hydrogens (primary N) is 1. The summed E-state index contributed by atoms with van der Waals surface area (Å²) in [7, 11) is 1.58. The van der Waals surface area contributed by atoms with Gasteiger partial charge >= 0.3 is 0 Å². The van der Waals surface area contributed by atoms with E-state index in [4.69, 9.17) is 10.5 Å². The fourth-order valence-electron chi connectivity index (χ4n) is 3.15. The summed E-state index contributed by atoms with van der Waals surface area (Å²) in [5.41, 5.74) is 7.04. The van der Waals surface area contributed by atoms with Crippen molar-refractivity contribution < 1.29 is 9.53 Å². The third kappa shape index (κ3) is 3.91. The molecule has 1 aliphatic heterocycles. The first kappa shape index (κ1) is 16.6. The highest BCUT2D eigenvalue weighted by atomic mass is 16.5. The van der Waals surface area contributed by atoms with Gasteiger partial charge in [-0.25, -0.2) is 0 Å². The minimum Gasteiger partial charge on any atom is -0.494 e. The lowest BCUT2D eigenvalue weighted by molar-refractivity contribution is -0.122. The number of amides is 1. The zero-order valence-corrected chi connectivity index (χ0v) is 13.8. The number of anilines is 2. The van der Waals surface area contributed by atoms with Crippen molar-refractivity contribution >= 4 is 17.3 Å². The van der Waals surface area contributed by atoms with Crippen molar-refractivity contribution in [3.63, 3.8) is 0 Å². The Hall–Kier alpha value is -1.75. The minimum atomic E-state index is -0.0926. The van der Waals surface area contributed by atoms with E-state index in [1.807, 2.05) is 0 Å². The van der Waals surface area contributed by atoms with Gasteiger partial charge in [-0.15, -0.1) is 0 Å². The van der Waals surface area contributed by atoms with Crippen LogP contribution in [-0.4, -0.2) is 37.0 Å². The third-order valence-electron chi connectivity index (χ3n) is 4.30. The second kappa shape index (κ2) is 7.49. The lowest BCUT2D eigenvalue weighted by atomic mass is 9.98. The molecule has 1 aromatic rings. The molecule has 1 aliphatic rings. The third-order valence-corrected chi connectivity index (χ3v) is 4.30. The molecule has 5 heteroatoms. The van der Waals surface area contributed by atoms with Crippen molar-refractivity contribution in [1.29, 1.82) is 0 Å². The summed E-state index contributed by atoms with van der Waals surface area (Å²) < 4.78 is 5.29. The normalized spacial score (nSPS) is 20.4. The number of hydrogen-bond donors (Lipinski definition) is 2. The van der Waals surface area contributed by atoms with Gasteiger partial charge in [0.05, 0.1) is 18.8 Å². The number of ether oxygens (including phenoxy) is 1. The molecule has 0 aliphatic carbocycles. The van der Waals surface area contributed by atoms with E-state index >= 15 is 0 Å². The van der Waals surface area contributed by atoms with Crippen molar-refractivity contribution in [3.05, 3.63) is 18.2 Å². The number of carbonyl (C=O) groups is 1. The van der Waals surface area contributed by atoms with E-state index in [-0.39, 0.29) is 11.9 Å². The van der Waals surface area contributed by atoms with Crippen LogP contribution in [-0.2, 0) is 4.79 Å². The fraction of sp³-hybridized carbons (Fsp3) is 0.588. The van der Waals surface area contributed by atoms with Crippen molar-refractivity contribution in [1.82, 2.24) is 4.90 Å². The Labute approximate surface area is 132 Å². The molecule has 0 bridgehead atoms. The van der Waals surface area contributed by atoms with E-state index in [1.165, 1.54) is 6.42 Å². The summed E-state index contributed by atoms with van der Waals surface area (Å²) in [4.78, 5) is 15.0. The summed E-state index contributed by atoms with van der Waals surface area (Å²) in [6.45, 7) is 6.30. The molecule has 1 amide bonds. The van der Waals surface area contributed by atoms with Crippen LogP contribution in [0.5, 0.6) is 5.75 Å². The van der Waals surface area contributed by atoms with Crippen LogP contribution in [0.1, 0.15) is 33.1 Å². The number of likely N-dealkylation sites (tertiary alicyclic amines) is 1. The predicted octanol–water partition coefficient (Wildman–Crippen LogP) is 2.73. The zero-order chi connectivity index (χ0) is 16.1. The Kier molecular flexibility index (Phi) is 5.66. The highest BCUT2D eigenvalue weighted by Crippen LogP contribution is 2.27. The van der Waals surface area contributed by atoms with Gasteiger partial charge < -0.3 is 15.8 Å². The van der Waals surface area contributed by atoms with Crippen LogP contribution in [0.15, 0.2) is 18.2 Å². The van der Waals surface area contributed by atoms with Gasteiger partial charge in [-0.2, -0.15) is 0 Å². The van der Waals surface area contributed by atoms with Crippen molar-refractivity contribution in [2.45, 2.75) is 39.2 Å². The predicted molar refractivity (Wildman–Crippen MR) is 90.1 cm³/mol. The van der Waals surface area contributed by atoms with E-state index in [0.29, 0.717) is 23.0 Å². The second-order valence-corrected chi connectivity index (χ2v) is 6.12. The lowest BCUT2D eigenvalue weighted by Gasteiger charge is -2.36. The van der Waals surface area contributed by atoms with Crippen LogP contribution in [0.3, 0.4) is 0 Å². The average molecular weight is 305 g/mol. The van der Waals surface area contributed by atoms with E-state index < -0.39 is 0 Å². The molecule has 0 aromatic heterocycles. The average Bonchev–Trinajstić information content (AvgIpc) is 2.50. The molecule has 0 spiro atoms. The summed E-state index contributed by atoms with van der Waals surface area (Å²) in [6.07, 6.45) is 3.21. The molecule has 1 saturated heterocycles. The van der Waals surface area contributed by atoms with E-state index in [9.17, 15) is 4.79 Å². The zero-order valence-electron chi connectivity index (χ0n) is 13.8. The van der Waals surface area contributed by atoms with Crippen LogP contribution in [0, 0.1) is 5.92 Å². The van der Waals surface area contributed by atoms with Crippen LogP contribution < -0.4 is 15.8 Å². The van der Waals surface area contributed by atoms with Gasteiger partial charge in [0.1, 0.15) is 5.75 Å². The molecule has 0 radical (unpaired) electrons. The maximum absolute atomic E-state index is 12.7. The fourth-order valence-corrected chi connectivity index (χ4v) is 3.15. The van der Waals surface area contributed by atoms with Gasteiger partial charge in [0.25, 0.3) is 0 Å². The minimum absolute atomic E-state index is 0.0275. The van der Waals surface area contributed by atoms with Gasteiger partial charge in [0, 0.05) is 18.3 Å². The number of hydrogen-bond acceptors (Lipinski definition) is 4. The molecule has 1 aromatic carbocycles. The number of nitrogen functional groups attached to an aromatic ring is 1. The SMILES string of the molecule is CCC(C(=O)Nc1ccc(N)cc1OC)N1CCCC(C)C1. The molecule has 2 atom stereocenters. The number of nitrogens with zero attached hydrogens (tertiary/aromatic N) is 1. The van der Waals surface area contributed by atoms with Crippen LogP contribution in [0.2, 0.25) is 0 Å². The summed E-state index contributed by atoms with van der Waals surface area (Å²) in [6, 6.07) is 5.18. The van der Waals surface area contributed by atoms with Gasteiger partial charge in [-0.3, -0.25) is 9.69 Å².